The molecule has 0 fully saturated rings. The first-order chi connectivity index (χ1) is 14.5. The van der Waals surface area contributed by atoms with Crippen LogP contribution < -0.4 is 15.4 Å². The third kappa shape index (κ3) is 6.63. The molecular formula is C21H22N4O4S. The van der Waals surface area contributed by atoms with E-state index in [1.54, 1.807) is 0 Å². The zero-order chi connectivity index (χ0) is 21.3. The first kappa shape index (κ1) is 21.4. The van der Waals surface area contributed by atoms with Crippen LogP contribution in [0.1, 0.15) is 22.6 Å². The maximum Gasteiger partial charge on any atom is 0.321 e. The maximum absolute atomic E-state index is 11.9. The molecule has 0 aliphatic heterocycles. The van der Waals surface area contributed by atoms with Crippen molar-refractivity contribution in [3.05, 3.63) is 71.1 Å². The van der Waals surface area contributed by atoms with Gasteiger partial charge < -0.3 is 14.5 Å². The molecule has 0 saturated heterocycles. The summed E-state index contributed by atoms with van der Waals surface area (Å²) in [5.41, 5.74) is 3.05. The van der Waals surface area contributed by atoms with Gasteiger partial charge in [0.15, 0.2) is 6.61 Å². The van der Waals surface area contributed by atoms with Gasteiger partial charge >= 0.3 is 6.03 Å². The number of urea groups is 1. The molecule has 1 heterocycles. The number of benzene rings is 2. The molecule has 9 heteroatoms. The summed E-state index contributed by atoms with van der Waals surface area (Å²) < 4.78 is 11.2. The number of rotatable bonds is 8. The zero-order valence-electron chi connectivity index (χ0n) is 16.7. The van der Waals surface area contributed by atoms with Gasteiger partial charge in [0, 0.05) is 6.54 Å². The smallest absolute Gasteiger partial charge is 0.321 e. The lowest BCUT2D eigenvalue weighted by Crippen LogP contribution is -2.39. The largest absolute Gasteiger partial charge is 0.484 e. The van der Waals surface area contributed by atoms with Crippen LogP contribution in [0.15, 0.2) is 58.2 Å². The number of carbonyl (C=O) groups excluding carboxylic acids is 2. The summed E-state index contributed by atoms with van der Waals surface area (Å²) in [5.74, 6) is 0.567. The van der Waals surface area contributed by atoms with Crippen molar-refractivity contribution in [1.82, 2.24) is 20.8 Å². The number of imide groups is 1. The van der Waals surface area contributed by atoms with Gasteiger partial charge in [0.25, 0.3) is 11.1 Å². The number of hydrogen-bond acceptors (Lipinski definition) is 7. The number of thioether (sulfide) groups is 1. The van der Waals surface area contributed by atoms with E-state index in [9.17, 15) is 9.59 Å². The second-order valence-electron chi connectivity index (χ2n) is 6.52. The highest BCUT2D eigenvalue weighted by molar-refractivity contribution is 7.99. The van der Waals surface area contributed by atoms with Crippen LogP contribution in [0, 0.1) is 13.8 Å². The van der Waals surface area contributed by atoms with Crippen LogP contribution in [0.4, 0.5) is 4.79 Å². The molecule has 2 aromatic carbocycles. The van der Waals surface area contributed by atoms with Crippen LogP contribution in [0.25, 0.3) is 0 Å². The van der Waals surface area contributed by atoms with E-state index < -0.39 is 11.9 Å². The SMILES string of the molecule is Cc1ccc(C)c(OCc2nnc(SCC(=O)NC(=O)NCc3ccccc3)o2)c1. The number of nitrogens with one attached hydrogen (secondary N) is 2. The fourth-order valence-corrected chi connectivity index (χ4v) is 3.05. The molecule has 3 rings (SSSR count). The van der Waals surface area contributed by atoms with Crippen molar-refractivity contribution in [2.75, 3.05) is 5.75 Å². The van der Waals surface area contributed by atoms with Crippen molar-refractivity contribution >= 4 is 23.7 Å². The third-order valence-electron chi connectivity index (χ3n) is 4.02. The molecule has 0 unspecified atom stereocenters. The van der Waals surface area contributed by atoms with Crippen molar-refractivity contribution < 1.29 is 18.7 Å². The normalized spacial score (nSPS) is 10.5. The van der Waals surface area contributed by atoms with Gasteiger partial charge in [-0.25, -0.2) is 4.79 Å². The summed E-state index contributed by atoms with van der Waals surface area (Å²) in [6, 6.07) is 14.8. The predicted octanol–water partition coefficient (Wildman–Crippen LogP) is 3.38. The summed E-state index contributed by atoms with van der Waals surface area (Å²) in [7, 11) is 0. The minimum Gasteiger partial charge on any atom is -0.484 e. The van der Waals surface area contributed by atoms with Gasteiger partial charge in [-0.3, -0.25) is 10.1 Å². The third-order valence-corrected chi connectivity index (χ3v) is 4.84. The minimum atomic E-state index is -0.558. The molecule has 3 aromatic rings. The average Bonchev–Trinajstić information content (AvgIpc) is 3.20. The van der Waals surface area contributed by atoms with E-state index in [1.165, 1.54) is 0 Å². The van der Waals surface area contributed by atoms with Crippen LogP contribution in [0.5, 0.6) is 5.75 Å². The number of nitrogens with zero attached hydrogens (tertiary/aromatic N) is 2. The molecule has 0 bridgehead atoms. The number of amides is 3. The van der Waals surface area contributed by atoms with Gasteiger partial charge in [0.2, 0.25) is 5.91 Å². The predicted molar refractivity (Wildman–Crippen MR) is 112 cm³/mol. The first-order valence-electron chi connectivity index (χ1n) is 9.26. The minimum absolute atomic E-state index is 0.0295. The quantitative estimate of drug-likeness (QED) is 0.532. The molecule has 0 saturated carbocycles. The standard InChI is InChI=1S/C21H22N4O4S/c1-14-8-9-15(2)17(10-14)28-12-19-24-25-21(29-19)30-13-18(26)23-20(27)22-11-16-6-4-3-5-7-16/h3-10H,11-13H2,1-2H3,(H2,22,23,26,27). The van der Waals surface area contributed by atoms with Gasteiger partial charge in [-0.1, -0.05) is 54.2 Å². The van der Waals surface area contributed by atoms with E-state index in [2.05, 4.69) is 20.8 Å². The number of aromatic nitrogens is 2. The second-order valence-corrected chi connectivity index (χ2v) is 7.45. The summed E-state index contributed by atoms with van der Waals surface area (Å²) in [4.78, 5) is 23.7. The fraction of sp³-hybridized carbons (Fsp3) is 0.238. The lowest BCUT2D eigenvalue weighted by Gasteiger charge is -2.07. The molecule has 0 aliphatic rings. The Balaban J connectivity index is 1.39. The highest BCUT2D eigenvalue weighted by Crippen LogP contribution is 2.21. The van der Waals surface area contributed by atoms with Crippen LogP contribution >= 0.6 is 11.8 Å². The molecule has 3 amide bonds. The molecule has 156 valence electrons. The molecule has 30 heavy (non-hydrogen) atoms. The van der Waals surface area contributed by atoms with Crippen molar-refractivity contribution in [3.8, 4) is 5.75 Å². The van der Waals surface area contributed by atoms with Crippen molar-refractivity contribution in [1.29, 1.82) is 0 Å². The Hall–Kier alpha value is -3.33. The van der Waals surface area contributed by atoms with Gasteiger partial charge in [0.05, 0.1) is 5.75 Å². The summed E-state index contributed by atoms with van der Waals surface area (Å²) in [6.07, 6.45) is 0. The molecule has 1 aromatic heterocycles. The maximum atomic E-state index is 11.9. The molecule has 0 radical (unpaired) electrons. The van der Waals surface area contributed by atoms with Crippen molar-refractivity contribution in [2.45, 2.75) is 32.2 Å². The van der Waals surface area contributed by atoms with E-state index in [1.807, 2.05) is 62.4 Å². The average molecular weight is 426 g/mol. The van der Waals surface area contributed by atoms with Crippen molar-refractivity contribution in [3.63, 3.8) is 0 Å². The molecule has 0 atom stereocenters. The zero-order valence-corrected chi connectivity index (χ0v) is 17.5. The second kappa shape index (κ2) is 10.4. The van der Waals surface area contributed by atoms with Crippen LogP contribution in [0.3, 0.4) is 0 Å². The van der Waals surface area contributed by atoms with E-state index in [0.717, 1.165) is 34.2 Å². The number of ether oxygens (including phenoxy) is 1. The summed E-state index contributed by atoms with van der Waals surface area (Å²) >= 11 is 1.05. The van der Waals surface area contributed by atoms with E-state index in [0.29, 0.717) is 12.4 Å². The fourth-order valence-electron chi connectivity index (χ4n) is 2.47. The number of aryl methyl sites for hydroxylation is 2. The Morgan fingerprint density at radius 2 is 1.90 bits per heavy atom. The molecule has 0 aliphatic carbocycles. The summed E-state index contributed by atoms with van der Waals surface area (Å²) in [6.45, 7) is 4.41. The lowest BCUT2D eigenvalue weighted by molar-refractivity contribution is -0.117. The highest BCUT2D eigenvalue weighted by atomic mass is 32.2. The van der Waals surface area contributed by atoms with Gasteiger partial charge in [-0.2, -0.15) is 0 Å². The summed E-state index contributed by atoms with van der Waals surface area (Å²) in [5, 5.41) is 12.9. The van der Waals surface area contributed by atoms with Crippen LogP contribution in [0.2, 0.25) is 0 Å². The van der Waals surface area contributed by atoms with Crippen molar-refractivity contribution in [2.24, 2.45) is 0 Å². The van der Waals surface area contributed by atoms with E-state index in [4.69, 9.17) is 9.15 Å². The Kier molecular flexibility index (Phi) is 7.45. The van der Waals surface area contributed by atoms with Gasteiger partial charge in [-0.05, 0) is 36.6 Å². The Bertz CT molecular complexity index is 1010. The molecule has 8 nitrogen and oxygen atoms in total. The molecular weight excluding hydrogens is 404 g/mol. The van der Waals surface area contributed by atoms with Crippen LogP contribution in [-0.2, 0) is 17.9 Å². The monoisotopic (exact) mass is 426 g/mol. The van der Waals surface area contributed by atoms with Gasteiger partial charge in [-0.15, -0.1) is 10.2 Å². The Morgan fingerprint density at radius 1 is 1.10 bits per heavy atom. The number of hydrogen-bond donors (Lipinski definition) is 2. The topological polar surface area (TPSA) is 106 Å². The Morgan fingerprint density at radius 3 is 2.70 bits per heavy atom. The van der Waals surface area contributed by atoms with Gasteiger partial charge in [0.1, 0.15) is 5.75 Å². The van der Waals surface area contributed by atoms with E-state index in [-0.39, 0.29) is 17.6 Å². The Labute approximate surface area is 178 Å². The lowest BCUT2D eigenvalue weighted by atomic mass is 10.1. The number of carbonyl (C=O) groups is 2. The molecule has 2 N–H and O–H groups in total. The first-order valence-corrected chi connectivity index (χ1v) is 10.2. The van der Waals surface area contributed by atoms with E-state index >= 15 is 0 Å². The van der Waals surface area contributed by atoms with Crippen LogP contribution in [-0.4, -0.2) is 27.9 Å². The molecule has 0 spiro atoms. The highest BCUT2D eigenvalue weighted by Gasteiger charge is 2.13.